The molecule has 0 fully saturated rings. The lowest BCUT2D eigenvalue weighted by Crippen LogP contribution is -2.05. The minimum Gasteiger partial charge on any atom is -0.299 e. The van der Waals surface area contributed by atoms with Crippen molar-refractivity contribution in [1.29, 1.82) is 0 Å². The number of hydrogen-bond donors (Lipinski definition) is 0. The van der Waals surface area contributed by atoms with E-state index in [1.54, 1.807) is 6.20 Å². The first-order valence-electron chi connectivity index (χ1n) is 4.66. The zero-order valence-electron chi connectivity index (χ0n) is 8.21. The van der Waals surface area contributed by atoms with Crippen molar-refractivity contribution < 1.29 is 4.79 Å². The highest BCUT2D eigenvalue weighted by molar-refractivity contribution is 5.80. The summed E-state index contributed by atoms with van der Waals surface area (Å²) in [6.07, 6.45) is 3.81. The van der Waals surface area contributed by atoms with Gasteiger partial charge in [-0.15, -0.1) is 0 Å². The Hall–Kier alpha value is -1.18. The average molecular weight is 177 g/mol. The maximum atomic E-state index is 11.3. The monoisotopic (exact) mass is 177 g/mol. The lowest BCUT2D eigenvalue weighted by atomic mass is 10.1. The highest BCUT2D eigenvalue weighted by Crippen LogP contribution is 2.05. The predicted octanol–water partition coefficient (Wildman–Crippen LogP) is 2.30. The van der Waals surface area contributed by atoms with Crippen LogP contribution in [0.3, 0.4) is 0 Å². The molecule has 70 valence electrons. The number of aromatic nitrogens is 1. The molecule has 0 unspecified atom stereocenters. The Balaban J connectivity index is 2.63. The Morgan fingerprint density at radius 2 is 2.31 bits per heavy atom. The predicted molar refractivity (Wildman–Crippen MR) is 52.6 cm³/mol. The van der Waals surface area contributed by atoms with Crippen molar-refractivity contribution in [3.63, 3.8) is 0 Å². The Morgan fingerprint density at radius 1 is 1.54 bits per heavy atom. The van der Waals surface area contributed by atoms with Crippen molar-refractivity contribution in [2.45, 2.75) is 33.1 Å². The second-order valence-corrected chi connectivity index (χ2v) is 3.23. The summed E-state index contributed by atoms with van der Waals surface area (Å²) in [6, 6.07) is 3.88. The first-order valence-corrected chi connectivity index (χ1v) is 4.66. The van der Waals surface area contributed by atoms with Crippen molar-refractivity contribution in [3.8, 4) is 0 Å². The largest absolute Gasteiger partial charge is 0.299 e. The Morgan fingerprint density at radius 3 is 2.92 bits per heavy atom. The van der Waals surface area contributed by atoms with Crippen LogP contribution in [0.15, 0.2) is 18.3 Å². The molecule has 0 bridgehead atoms. The topological polar surface area (TPSA) is 30.0 Å². The molecular formula is C11H15NO. The third kappa shape index (κ3) is 2.98. The highest BCUT2D eigenvalue weighted by Gasteiger charge is 2.05. The molecule has 0 spiro atoms. The van der Waals surface area contributed by atoms with Gasteiger partial charge in [-0.3, -0.25) is 9.78 Å². The van der Waals surface area contributed by atoms with Crippen LogP contribution in [-0.2, 0) is 11.2 Å². The van der Waals surface area contributed by atoms with Crippen molar-refractivity contribution in [2.24, 2.45) is 0 Å². The fraction of sp³-hybridized carbons (Fsp3) is 0.455. The van der Waals surface area contributed by atoms with Crippen LogP contribution in [0, 0.1) is 6.92 Å². The standard InChI is InChI=1S/C11H15NO/c1-3-5-10(13)8-11-9(2)6-4-7-12-11/h4,6-7H,3,5,8H2,1-2H3. The molecule has 2 heteroatoms. The number of carbonyl (C=O) groups excluding carboxylic acids is 1. The molecule has 0 atom stereocenters. The van der Waals surface area contributed by atoms with Crippen LogP contribution in [-0.4, -0.2) is 10.8 Å². The summed E-state index contributed by atoms with van der Waals surface area (Å²) in [7, 11) is 0. The van der Waals surface area contributed by atoms with E-state index in [2.05, 4.69) is 4.98 Å². The van der Waals surface area contributed by atoms with Gasteiger partial charge in [0, 0.05) is 19.0 Å². The van der Waals surface area contributed by atoms with Gasteiger partial charge in [0.1, 0.15) is 5.78 Å². The summed E-state index contributed by atoms with van der Waals surface area (Å²) in [4.78, 5) is 15.5. The van der Waals surface area contributed by atoms with E-state index < -0.39 is 0 Å². The molecule has 0 saturated carbocycles. The summed E-state index contributed by atoms with van der Waals surface area (Å²) in [6.45, 7) is 4.00. The molecule has 0 aliphatic rings. The molecule has 0 aromatic carbocycles. The number of Topliss-reactive ketones (excluding diaryl/α,β-unsaturated/α-hetero) is 1. The van der Waals surface area contributed by atoms with Crippen LogP contribution in [0.1, 0.15) is 31.0 Å². The molecule has 0 saturated heterocycles. The van der Waals surface area contributed by atoms with E-state index in [-0.39, 0.29) is 5.78 Å². The molecular weight excluding hydrogens is 162 g/mol. The summed E-state index contributed by atoms with van der Waals surface area (Å²) < 4.78 is 0. The number of carbonyl (C=O) groups is 1. The molecule has 0 N–H and O–H groups in total. The lowest BCUT2D eigenvalue weighted by Gasteiger charge is -2.02. The number of rotatable bonds is 4. The van der Waals surface area contributed by atoms with Gasteiger partial charge in [0.25, 0.3) is 0 Å². The summed E-state index contributed by atoms with van der Waals surface area (Å²) >= 11 is 0. The van der Waals surface area contributed by atoms with E-state index in [4.69, 9.17) is 0 Å². The van der Waals surface area contributed by atoms with Crippen LogP contribution in [0.4, 0.5) is 0 Å². The Labute approximate surface area is 79.0 Å². The third-order valence-electron chi connectivity index (χ3n) is 2.01. The second kappa shape index (κ2) is 4.75. The van der Waals surface area contributed by atoms with Crippen molar-refractivity contribution in [1.82, 2.24) is 4.98 Å². The Kier molecular flexibility index (Phi) is 3.62. The number of nitrogens with zero attached hydrogens (tertiary/aromatic N) is 1. The van der Waals surface area contributed by atoms with Crippen LogP contribution in [0.2, 0.25) is 0 Å². The Bertz CT molecular complexity index is 294. The van der Waals surface area contributed by atoms with Crippen LogP contribution in [0.5, 0.6) is 0 Å². The van der Waals surface area contributed by atoms with E-state index in [1.807, 2.05) is 26.0 Å². The van der Waals surface area contributed by atoms with Crippen LogP contribution >= 0.6 is 0 Å². The van der Waals surface area contributed by atoms with E-state index in [0.717, 1.165) is 17.7 Å². The van der Waals surface area contributed by atoms with Gasteiger partial charge in [0.15, 0.2) is 0 Å². The molecule has 1 aromatic rings. The first kappa shape index (κ1) is 9.90. The lowest BCUT2D eigenvalue weighted by molar-refractivity contribution is -0.118. The number of pyridine rings is 1. The molecule has 1 heterocycles. The zero-order chi connectivity index (χ0) is 9.68. The molecule has 1 rings (SSSR count). The van der Waals surface area contributed by atoms with E-state index in [9.17, 15) is 4.79 Å². The highest BCUT2D eigenvalue weighted by atomic mass is 16.1. The SMILES string of the molecule is CCCC(=O)Cc1ncccc1C. The van der Waals surface area contributed by atoms with Gasteiger partial charge >= 0.3 is 0 Å². The minimum absolute atomic E-state index is 0.282. The summed E-state index contributed by atoms with van der Waals surface area (Å²) in [5, 5.41) is 0. The molecule has 2 nitrogen and oxygen atoms in total. The van der Waals surface area contributed by atoms with E-state index >= 15 is 0 Å². The smallest absolute Gasteiger partial charge is 0.138 e. The number of aryl methyl sites for hydroxylation is 1. The quantitative estimate of drug-likeness (QED) is 0.706. The zero-order valence-corrected chi connectivity index (χ0v) is 8.21. The van der Waals surface area contributed by atoms with Crippen LogP contribution < -0.4 is 0 Å². The number of ketones is 1. The van der Waals surface area contributed by atoms with Gasteiger partial charge in [0.2, 0.25) is 0 Å². The number of hydrogen-bond acceptors (Lipinski definition) is 2. The fourth-order valence-electron chi connectivity index (χ4n) is 1.26. The van der Waals surface area contributed by atoms with E-state index in [1.165, 1.54) is 0 Å². The van der Waals surface area contributed by atoms with Gasteiger partial charge in [-0.2, -0.15) is 0 Å². The van der Waals surface area contributed by atoms with Crippen LogP contribution in [0.25, 0.3) is 0 Å². The minimum atomic E-state index is 0.282. The normalized spacial score (nSPS) is 10.0. The fourth-order valence-corrected chi connectivity index (χ4v) is 1.26. The van der Waals surface area contributed by atoms with Crippen molar-refractivity contribution >= 4 is 5.78 Å². The van der Waals surface area contributed by atoms with E-state index in [0.29, 0.717) is 12.8 Å². The molecule has 0 radical (unpaired) electrons. The molecule has 13 heavy (non-hydrogen) atoms. The molecule has 0 aliphatic carbocycles. The second-order valence-electron chi connectivity index (χ2n) is 3.23. The van der Waals surface area contributed by atoms with Crippen molar-refractivity contribution in [2.75, 3.05) is 0 Å². The van der Waals surface area contributed by atoms with Crippen molar-refractivity contribution in [3.05, 3.63) is 29.6 Å². The maximum Gasteiger partial charge on any atom is 0.138 e. The van der Waals surface area contributed by atoms with Gasteiger partial charge in [-0.05, 0) is 25.0 Å². The third-order valence-corrected chi connectivity index (χ3v) is 2.01. The van der Waals surface area contributed by atoms with Gasteiger partial charge in [0.05, 0.1) is 5.69 Å². The van der Waals surface area contributed by atoms with Gasteiger partial charge < -0.3 is 0 Å². The van der Waals surface area contributed by atoms with Gasteiger partial charge in [-0.25, -0.2) is 0 Å². The summed E-state index contributed by atoms with van der Waals surface area (Å²) in [5.41, 5.74) is 2.02. The summed E-state index contributed by atoms with van der Waals surface area (Å²) in [5.74, 6) is 0.282. The molecule has 0 amide bonds. The van der Waals surface area contributed by atoms with Gasteiger partial charge in [-0.1, -0.05) is 13.0 Å². The molecule has 0 aliphatic heterocycles. The maximum absolute atomic E-state index is 11.3. The molecule has 1 aromatic heterocycles. The first-order chi connectivity index (χ1) is 6.24. The average Bonchev–Trinajstić information content (AvgIpc) is 2.09.